The zero-order chi connectivity index (χ0) is 26.3. The topological polar surface area (TPSA) is 125 Å². The number of halogens is 3. The Morgan fingerprint density at radius 3 is 2.61 bits per heavy atom. The third kappa shape index (κ3) is 6.01. The van der Waals surface area contributed by atoms with Crippen molar-refractivity contribution in [2.75, 3.05) is 18.1 Å². The van der Waals surface area contributed by atoms with Crippen LogP contribution in [0.1, 0.15) is 37.3 Å². The monoisotopic (exact) mass is 543 g/mol. The van der Waals surface area contributed by atoms with Gasteiger partial charge >= 0.3 is 0 Å². The fourth-order valence-electron chi connectivity index (χ4n) is 3.67. The Bertz CT molecular complexity index is 1410. The summed E-state index contributed by atoms with van der Waals surface area (Å²) in [4.78, 5) is 25.5. The van der Waals surface area contributed by atoms with Crippen molar-refractivity contribution in [3.63, 3.8) is 0 Å². The molecule has 0 bridgehead atoms. The Balaban J connectivity index is 1.55. The molecule has 1 aliphatic rings. The first-order valence-corrected chi connectivity index (χ1v) is 13.1. The summed E-state index contributed by atoms with van der Waals surface area (Å²) >= 11 is 5.91. The summed E-state index contributed by atoms with van der Waals surface area (Å²) in [5, 5.41) is 3.08. The molecule has 3 aromatic rings. The number of carbonyl (C=O) groups excluding carboxylic acids is 1. The van der Waals surface area contributed by atoms with Crippen molar-refractivity contribution < 1.29 is 31.5 Å². The second-order valence-corrected chi connectivity index (χ2v) is 11.8. The molecular formula is C22H24ClF2N5O5S. The molecule has 4 rings (SSSR count). The third-order valence-electron chi connectivity index (χ3n) is 5.76. The van der Waals surface area contributed by atoms with E-state index in [1.165, 1.54) is 24.5 Å². The number of imidazole rings is 1. The first-order valence-electron chi connectivity index (χ1n) is 10.9. The van der Waals surface area contributed by atoms with Crippen LogP contribution in [0.5, 0.6) is 17.5 Å². The highest BCUT2D eigenvalue weighted by Crippen LogP contribution is 2.33. The minimum atomic E-state index is -3.08. The number of aryl methyl sites for hydroxylation is 1. The van der Waals surface area contributed by atoms with Crippen molar-refractivity contribution in [1.29, 1.82) is 0 Å². The minimum Gasteiger partial charge on any atom is -0.482 e. The maximum absolute atomic E-state index is 13.3. The molecule has 3 aromatic heterocycles. The lowest BCUT2D eigenvalue weighted by Crippen LogP contribution is -2.51. The average molecular weight is 544 g/mol. The van der Waals surface area contributed by atoms with Crippen LogP contribution in [-0.2, 0) is 16.9 Å². The Labute approximate surface area is 210 Å². The molecule has 1 fully saturated rings. The fraction of sp³-hybridized carbons (Fsp3) is 0.455. The quantitative estimate of drug-likeness (QED) is 0.479. The van der Waals surface area contributed by atoms with Crippen molar-refractivity contribution in [1.82, 2.24) is 24.8 Å². The number of fused-ring (bicyclic) bond motifs is 1. The van der Waals surface area contributed by atoms with Crippen LogP contribution < -0.4 is 14.8 Å². The normalized spacial score (nSPS) is 17.1. The fourth-order valence-corrected chi connectivity index (χ4v) is 5.55. The Morgan fingerprint density at radius 2 is 1.94 bits per heavy atom. The molecule has 0 atom stereocenters. The van der Waals surface area contributed by atoms with Crippen LogP contribution in [0.3, 0.4) is 0 Å². The summed E-state index contributed by atoms with van der Waals surface area (Å²) < 4.78 is 62.4. The summed E-state index contributed by atoms with van der Waals surface area (Å²) in [6, 6.07) is 2.82. The molecule has 14 heteroatoms. The summed E-state index contributed by atoms with van der Waals surface area (Å²) in [6.07, 6.45) is 3.29. The maximum atomic E-state index is 13.3. The van der Waals surface area contributed by atoms with Gasteiger partial charge in [0.05, 0.1) is 28.2 Å². The van der Waals surface area contributed by atoms with E-state index in [-0.39, 0.29) is 39.9 Å². The van der Waals surface area contributed by atoms with Gasteiger partial charge in [-0.1, -0.05) is 11.6 Å². The van der Waals surface area contributed by atoms with Crippen molar-refractivity contribution in [2.45, 2.75) is 38.2 Å². The van der Waals surface area contributed by atoms with E-state index in [1.807, 2.05) is 6.92 Å². The van der Waals surface area contributed by atoms with Crippen molar-refractivity contribution in [3.8, 4) is 17.5 Å². The Kier molecular flexibility index (Phi) is 6.82. The first-order chi connectivity index (χ1) is 16.7. The standard InChI is InChI=1S/C22H24ClF2N5O5S/c1-21(4-6-36(32,33)7-5-21)29-19(31)18-28-14-11-26-17(9-15(14)30(18)3)35-20-16(8-13(23)10-27-20)34-12-22(2,24)25/h8-11H,4-7,12H2,1-3H3,(H,29,31). The molecule has 1 amide bonds. The van der Waals surface area contributed by atoms with Gasteiger partial charge in [-0.15, -0.1) is 0 Å². The highest BCUT2D eigenvalue weighted by Gasteiger charge is 2.35. The number of hydrogen-bond donors (Lipinski definition) is 1. The molecule has 10 nitrogen and oxygen atoms in total. The number of rotatable bonds is 7. The van der Waals surface area contributed by atoms with E-state index >= 15 is 0 Å². The minimum absolute atomic E-state index is 0.0112. The zero-order valence-corrected chi connectivity index (χ0v) is 21.3. The molecule has 0 aromatic carbocycles. The van der Waals surface area contributed by atoms with Gasteiger partial charge in [0, 0.05) is 37.8 Å². The number of aromatic nitrogens is 4. The van der Waals surface area contributed by atoms with Crippen molar-refractivity contribution in [3.05, 3.63) is 35.4 Å². The van der Waals surface area contributed by atoms with Crippen molar-refractivity contribution >= 4 is 38.4 Å². The van der Waals surface area contributed by atoms with Crippen molar-refractivity contribution in [2.24, 2.45) is 7.05 Å². The van der Waals surface area contributed by atoms with E-state index in [9.17, 15) is 22.0 Å². The lowest BCUT2D eigenvalue weighted by atomic mass is 9.95. The first kappa shape index (κ1) is 26.0. The van der Waals surface area contributed by atoms with E-state index in [2.05, 4.69) is 20.3 Å². The van der Waals surface area contributed by atoms with E-state index in [4.69, 9.17) is 21.1 Å². The van der Waals surface area contributed by atoms with Gasteiger partial charge in [-0.25, -0.2) is 32.2 Å². The van der Waals surface area contributed by atoms with Crippen LogP contribution in [0, 0.1) is 0 Å². The molecule has 0 radical (unpaired) electrons. The molecule has 36 heavy (non-hydrogen) atoms. The second kappa shape index (κ2) is 9.43. The molecule has 1 aliphatic heterocycles. The molecular weight excluding hydrogens is 520 g/mol. The molecule has 0 aliphatic carbocycles. The van der Waals surface area contributed by atoms with Gasteiger partial charge in [-0.2, -0.15) is 0 Å². The lowest BCUT2D eigenvalue weighted by molar-refractivity contribution is -0.0235. The zero-order valence-electron chi connectivity index (χ0n) is 19.7. The number of amides is 1. The summed E-state index contributed by atoms with van der Waals surface area (Å²) in [5.41, 5.74) is 0.259. The maximum Gasteiger partial charge on any atom is 0.287 e. The number of hydrogen-bond acceptors (Lipinski definition) is 8. The Hall–Kier alpha value is -3.06. The van der Waals surface area contributed by atoms with Crippen LogP contribution in [0.15, 0.2) is 24.5 Å². The van der Waals surface area contributed by atoms with E-state index < -0.39 is 33.8 Å². The molecule has 0 spiro atoms. The lowest BCUT2D eigenvalue weighted by Gasteiger charge is -2.34. The van der Waals surface area contributed by atoms with Gasteiger partial charge in [0.15, 0.2) is 18.2 Å². The number of alkyl halides is 2. The Morgan fingerprint density at radius 1 is 1.25 bits per heavy atom. The SMILES string of the molecule is Cn1c(C(=O)NC2(C)CCS(=O)(=O)CC2)nc2cnc(Oc3ncc(Cl)cc3OCC(C)(F)F)cc21. The smallest absolute Gasteiger partial charge is 0.287 e. The third-order valence-corrected chi connectivity index (χ3v) is 7.62. The average Bonchev–Trinajstić information content (AvgIpc) is 3.12. The number of ether oxygens (including phenoxy) is 2. The number of sulfone groups is 1. The van der Waals surface area contributed by atoms with E-state index in [0.717, 1.165) is 0 Å². The van der Waals surface area contributed by atoms with Crippen LogP contribution in [-0.4, -0.2) is 63.4 Å². The molecule has 0 unspecified atom stereocenters. The molecule has 4 heterocycles. The van der Waals surface area contributed by atoms with Gasteiger partial charge < -0.3 is 19.4 Å². The van der Waals surface area contributed by atoms with E-state index in [0.29, 0.717) is 30.8 Å². The summed E-state index contributed by atoms with van der Waals surface area (Å²) in [5.74, 6) is -3.54. The predicted molar refractivity (Wildman–Crippen MR) is 128 cm³/mol. The van der Waals surface area contributed by atoms with Gasteiger partial charge in [0.2, 0.25) is 5.88 Å². The van der Waals surface area contributed by atoms with Crippen LogP contribution in [0.4, 0.5) is 8.78 Å². The number of pyridine rings is 2. The number of nitrogens with one attached hydrogen (secondary N) is 1. The highest BCUT2D eigenvalue weighted by atomic mass is 35.5. The van der Waals surface area contributed by atoms with Crippen LogP contribution in [0.25, 0.3) is 11.0 Å². The highest BCUT2D eigenvalue weighted by molar-refractivity contribution is 7.91. The largest absolute Gasteiger partial charge is 0.482 e. The molecule has 194 valence electrons. The van der Waals surface area contributed by atoms with Gasteiger partial charge in [0.25, 0.3) is 17.7 Å². The number of carbonyl (C=O) groups is 1. The van der Waals surface area contributed by atoms with Gasteiger partial charge in [0.1, 0.15) is 15.4 Å². The second-order valence-electron chi connectivity index (χ2n) is 9.09. The predicted octanol–water partition coefficient (Wildman–Crippen LogP) is 3.54. The molecule has 1 N–H and O–H groups in total. The summed E-state index contributed by atoms with van der Waals surface area (Å²) in [6.45, 7) is 1.62. The molecule has 1 saturated heterocycles. The van der Waals surface area contributed by atoms with Crippen LogP contribution >= 0.6 is 11.6 Å². The summed E-state index contributed by atoms with van der Waals surface area (Å²) in [7, 11) is -1.44. The van der Waals surface area contributed by atoms with Gasteiger partial charge in [-0.3, -0.25) is 4.79 Å². The van der Waals surface area contributed by atoms with Gasteiger partial charge in [-0.05, 0) is 19.8 Å². The number of nitrogens with zero attached hydrogens (tertiary/aromatic N) is 4. The molecule has 0 saturated carbocycles. The van der Waals surface area contributed by atoms with E-state index in [1.54, 1.807) is 11.6 Å². The van der Waals surface area contributed by atoms with Crippen LogP contribution in [0.2, 0.25) is 5.02 Å².